The molecule has 0 heterocycles. The average Bonchev–Trinajstić information content (AvgIpc) is 2.32. The largest absolute Gasteiger partial charge is 0.391 e. The van der Waals surface area contributed by atoms with Crippen LogP contribution in [0.25, 0.3) is 0 Å². The third-order valence-corrected chi connectivity index (χ3v) is 3.34. The molecule has 2 N–H and O–H groups in total. The topological polar surface area (TPSA) is 32.3 Å². The summed E-state index contributed by atoms with van der Waals surface area (Å²) in [6, 6.07) is 2.40. The van der Waals surface area contributed by atoms with Gasteiger partial charge in [0.2, 0.25) is 0 Å². The number of anilines is 1. The van der Waals surface area contributed by atoms with E-state index in [0.717, 1.165) is 19.3 Å². The quantitative estimate of drug-likeness (QED) is 0.834. The summed E-state index contributed by atoms with van der Waals surface area (Å²) < 4.78 is 27.3. The zero-order valence-electron chi connectivity index (χ0n) is 9.84. The standard InChI is InChI=1S/C13H17F2NO/c1-8-6-7-9(14)13(12(8)15)16-10-4-2-3-5-11(10)17/h6-7,10-11,16-17H,2-5H2,1H3. The van der Waals surface area contributed by atoms with Gasteiger partial charge in [-0.2, -0.15) is 0 Å². The Morgan fingerprint density at radius 2 is 1.94 bits per heavy atom. The maximum atomic E-state index is 13.8. The van der Waals surface area contributed by atoms with Crippen molar-refractivity contribution in [1.82, 2.24) is 0 Å². The van der Waals surface area contributed by atoms with E-state index in [4.69, 9.17) is 0 Å². The summed E-state index contributed by atoms with van der Waals surface area (Å²) in [7, 11) is 0. The molecule has 94 valence electrons. The van der Waals surface area contributed by atoms with E-state index in [1.54, 1.807) is 6.92 Å². The van der Waals surface area contributed by atoms with Crippen LogP contribution in [-0.2, 0) is 0 Å². The van der Waals surface area contributed by atoms with Gasteiger partial charge in [0.1, 0.15) is 11.5 Å². The summed E-state index contributed by atoms with van der Waals surface area (Å²) in [5, 5.41) is 12.6. The van der Waals surface area contributed by atoms with E-state index >= 15 is 0 Å². The molecule has 1 aromatic carbocycles. The summed E-state index contributed by atoms with van der Waals surface area (Å²) in [4.78, 5) is 0. The molecule has 0 aliphatic heterocycles. The number of nitrogens with one attached hydrogen (secondary N) is 1. The molecule has 0 saturated heterocycles. The minimum absolute atomic E-state index is 0.115. The predicted molar refractivity (Wildman–Crippen MR) is 63.0 cm³/mol. The summed E-state index contributed by atoms with van der Waals surface area (Å²) >= 11 is 0. The third-order valence-electron chi connectivity index (χ3n) is 3.34. The lowest BCUT2D eigenvalue weighted by molar-refractivity contribution is 0.116. The van der Waals surface area contributed by atoms with Gasteiger partial charge in [-0.1, -0.05) is 18.9 Å². The highest BCUT2D eigenvalue weighted by Crippen LogP contribution is 2.27. The van der Waals surface area contributed by atoms with Crippen LogP contribution < -0.4 is 5.32 Å². The fourth-order valence-corrected chi connectivity index (χ4v) is 2.25. The van der Waals surface area contributed by atoms with Gasteiger partial charge >= 0.3 is 0 Å². The van der Waals surface area contributed by atoms with Gasteiger partial charge in [0.15, 0.2) is 5.82 Å². The van der Waals surface area contributed by atoms with Gasteiger partial charge in [-0.3, -0.25) is 0 Å². The number of rotatable bonds is 2. The summed E-state index contributed by atoms with van der Waals surface area (Å²) in [6.07, 6.45) is 2.85. The highest BCUT2D eigenvalue weighted by atomic mass is 19.1. The Kier molecular flexibility index (Phi) is 3.62. The van der Waals surface area contributed by atoms with Crippen LogP contribution in [0.15, 0.2) is 12.1 Å². The minimum Gasteiger partial charge on any atom is -0.391 e. The van der Waals surface area contributed by atoms with Gasteiger partial charge < -0.3 is 10.4 Å². The Balaban J connectivity index is 2.20. The molecule has 1 saturated carbocycles. The fourth-order valence-electron chi connectivity index (χ4n) is 2.25. The van der Waals surface area contributed by atoms with E-state index in [2.05, 4.69) is 5.32 Å². The van der Waals surface area contributed by atoms with E-state index in [1.165, 1.54) is 12.1 Å². The number of aryl methyl sites for hydroxylation is 1. The van der Waals surface area contributed by atoms with E-state index in [9.17, 15) is 13.9 Å². The molecular formula is C13H17F2NO. The highest BCUT2D eigenvalue weighted by molar-refractivity contribution is 5.49. The van der Waals surface area contributed by atoms with Crippen LogP contribution in [0.4, 0.5) is 14.5 Å². The van der Waals surface area contributed by atoms with E-state index in [0.29, 0.717) is 12.0 Å². The zero-order chi connectivity index (χ0) is 12.4. The van der Waals surface area contributed by atoms with Crippen molar-refractivity contribution >= 4 is 5.69 Å². The van der Waals surface area contributed by atoms with E-state index < -0.39 is 17.7 Å². The van der Waals surface area contributed by atoms with Crippen molar-refractivity contribution in [3.63, 3.8) is 0 Å². The van der Waals surface area contributed by atoms with Gasteiger partial charge in [0.25, 0.3) is 0 Å². The minimum atomic E-state index is -0.606. The molecule has 4 heteroatoms. The molecule has 1 fully saturated rings. The molecule has 0 spiro atoms. The molecule has 2 rings (SSSR count). The maximum Gasteiger partial charge on any atom is 0.152 e. The number of hydrogen-bond donors (Lipinski definition) is 2. The van der Waals surface area contributed by atoms with Crippen molar-refractivity contribution in [3.05, 3.63) is 29.3 Å². The first-order valence-electron chi connectivity index (χ1n) is 5.99. The number of hydrogen-bond acceptors (Lipinski definition) is 2. The smallest absolute Gasteiger partial charge is 0.152 e. The Morgan fingerprint density at radius 1 is 1.24 bits per heavy atom. The molecule has 0 bridgehead atoms. The van der Waals surface area contributed by atoms with Gasteiger partial charge in [-0.05, 0) is 31.4 Å². The molecule has 2 nitrogen and oxygen atoms in total. The Morgan fingerprint density at radius 3 is 2.65 bits per heavy atom. The van der Waals surface area contributed by atoms with Crippen molar-refractivity contribution in [3.8, 4) is 0 Å². The third kappa shape index (κ3) is 2.57. The molecular weight excluding hydrogens is 224 g/mol. The Bertz CT molecular complexity index is 409. The first kappa shape index (κ1) is 12.3. The molecule has 2 unspecified atom stereocenters. The summed E-state index contributed by atoms with van der Waals surface area (Å²) in [5.41, 5.74) is 0.287. The summed E-state index contributed by atoms with van der Waals surface area (Å²) in [6.45, 7) is 1.59. The van der Waals surface area contributed by atoms with Crippen LogP contribution in [0.5, 0.6) is 0 Å². The molecule has 0 radical (unpaired) electrons. The summed E-state index contributed by atoms with van der Waals surface area (Å²) in [5.74, 6) is -1.17. The fraction of sp³-hybridized carbons (Fsp3) is 0.538. The Labute approximate surface area is 99.7 Å². The van der Waals surface area contributed by atoms with Crippen LogP contribution in [0, 0.1) is 18.6 Å². The molecule has 17 heavy (non-hydrogen) atoms. The van der Waals surface area contributed by atoms with Crippen LogP contribution in [-0.4, -0.2) is 17.3 Å². The zero-order valence-corrected chi connectivity index (χ0v) is 9.84. The van der Waals surface area contributed by atoms with Crippen molar-refractivity contribution in [2.75, 3.05) is 5.32 Å². The maximum absolute atomic E-state index is 13.8. The SMILES string of the molecule is Cc1ccc(F)c(NC2CCCCC2O)c1F. The van der Waals surface area contributed by atoms with Crippen LogP contribution in [0.1, 0.15) is 31.2 Å². The van der Waals surface area contributed by atoms with Crippen molar-refractivity contribution in [1.29, 1.82) is 0 Å². The molecule has 1 aromatic rings. The number of halogens is 2. The monoisotopic (exact) mass is 241 g/mol. The predicted octanol–water partition coefficient (Wildman–Crippen LogP) is 2.99. The van der Waals surface area contributed by atoms with Gasteiger partial charge in [0.05, 0.1) is 12.1 Å². The van der Waals surface area contributed by atoms with Crippen LogP contribution in [0.3, 0.4) is 0 Å². The first-order valence-corrected chi connectivity index (χ1v) is 5.99. The normalized spacial score (nSPS) is 24.7. The Hall–Kier alpha value is -1.16. The molecule has 1 aliphatic rings. The lowest BCUT2D eigenvalue weighted by Crippen LogP contribution is -2.36. The van der Waals surface area contributed by atoms with Crippen molar-refractivity contribution in [2.24, 2.45) is 0 Å². The van der Waals surface area contributed by atoms with Crippen molar-refractivity contribution < 1.29 is 13.9 Å². The van der Waals surface area contributed by atoms with Crippen LogP contribution >= 0.6 is 0 Å². The highest BCUT2D eigenvalue weighted by Gasteiger charge is 2.25. The molecule has 0 aromatic heterocycles. The molecule has 0 amide bonds. The van der Waals surface area contributed by atoms with Gasteiger partial charge in [-0.15, -0.1) is 0 Å². The van der Waals surface area contributed by atoms with E-state index in [1.807, 2.05) is 0 Å². The van der Waals surface area contributed by atoms with Crippen molar-refractivity contribution in [2.45, 2.75) is 44.8 Å². The average molecular weight is 241 g/mol. The van der Waals surface area contributed by atoms with Crippen LogP contribution in [0.2, 0.25) is 0 Å². The lowest BCUT2D eigenvalue weighted by atomic mass is 9.92. The second kappa shape index (κ2) is 5.00. The lowest BCUT2D eigenvalue weighted by Gasteiger charge is -2.29. The second-order valence-corrected chi connectivity index (χ2v) is 4.66. The first-order chi connectivity index (χ1) is 8.09. The molecule has 2 atom stereocenters. The van der Waals surface area contributed by atoms with Gasteiger partial charge in [-0.25, -0.2) is 8.78 Å². The number of aliphatic hydroxyl groups is 1. The number of benzene rings is 1. The second-order valence-electron chi connectivity index (χ2n) is 4.66. The molecule has 1 aliphatic carbocycles. The number of aliphatic hydroxyl groups excluding tert-OH is 1. The van der Waals surface area contributed by atoms with E-state index in [-0.39, 0.29) is 11.7 Å². The van der Waals surface area contributed by atoms with Gasteiger partial charge in [0, 0.05) is 0 Å².